The molecule has 0 spiro atoms. The summed E-state index contributed by atoms with van der Waals surface area (Å²) in [7, 11) is 0. The van der Waals surface area contributed by atoms with Gasteiger partial charge in [0.15, 0.2) is 0 Å². The Hall–Kier alpha value is -1.06. The number of nitrogens with two attached hydrogens (primary N) is 1. The third kappa shape index (κ3) is 4.84. The zero-order valence-electron chi connectivity index (χ0n) is 11.8. The highest BCUT2D eigenvalue weighted by atomic mass is 16.5. The van der Waals surface area contributed by atoms with Gasteiger partial charge in [-0.05, 0) is 49.3 Å². The van der Waals surface area contributed by atoms with Crippen molar-refractivity contribution in [3.8, 4) is 5.75 Å². The molecule has 0 bridgehead atoms. The van der Waals surface area contributed by atoms with E-state index < -0.39 is 0 Å². The summed E-state index contributed by atoms with van der Waals surface area (Å²) in [6, 6.07) is 8.56. The van der Waals surface area contributed by atoms with Gasteiger partial charge in [0.25, 0.3) is 0 Å². The van der Waals surface area contributed by atoms with E-state index in [1.165, 1.54) is 5.56 Å². The van der Waals surface area contributed by atoms with Gasteiger partial charge in [-0.1, -0.05) is 19.1 Å². The molecule has 106 valence electrons. The van der Waals surface area contributed by atoms with Crippen molar-refractivity contribution in [2.24, 2.45) is 11.7 Å². The second-order valence-electron chi connectivity index (χ2n) is 5.39. The Kier molecular flexibility index (Phi) is 5.67. The van der Waals surface area contributed by atoms with E-state index in [1.54, 1.807) is 0 Å². The van der Waals surface area contributed by atoms with Crippen molar-refractivity contribution in [2.75, 3.05) is 19.8 Å². The summed E-state index contributed by atoms with van der Waals surface area (Å²) in [5.74, 6) is 1.60. The largest absolute Gasteiger partial charge is 0.493 e. The molecule has 1 aromatic rings. The smallest absolute Gasteiger partial charge is 0.119 e. The van der Waals surface area contributed by atoms with Crippen LogP contribution in [-0.4, -0.2) is 25.9 Å². The number of hydrogen-bond donors (Lipinski definition) is 1. The normalized spacial score (nSPS) is 18.2. The standard InChI is InChI=1S/C16H25NO2/c1-2-15(17)10-14-4-3-5-16(11-14)19-12-13-6-8-18-9-7-13/h3-5,11,13,15H,2,6-10,12,17H2,1H3. The molecule has 0 saturated carbocycles. The first-order chi connectivity index (χ1) is 9.28. The summed E-state index contributed by atoms with van der Waals surface area (Å²) < 4.78 is 11.3. The molecule has 1 atom stereocenters. The monoisotopic (exact) mass is 263 g/mol. The van der Waals surface area contributed by atoms with Crippen LogP contribution < -0.4 is 10.5 Å². The molecular formula is C16H25NO2. The molecule has 3 heteroatoms. The van der Waals surface area contributed by atoms with Gasteiger partial charge in [0.05, 0.1) is 6.61 Å². The van der Waals surface area contributed by atoms with E-state index in [2.05, 4.69) is 25.1 Å². The molecular weight excluding hydrogens is 238 g/mol. The van der Waals surface area contributed by atoms with Gasteiger partial charge in [0, 0.05) is 19.3 Å². The Balaban J connectivity index is 1.84. The maximum atomic E-state index is 5.99. The molecule has 1 heterocycles. The highest BCUT2D eigenvalue weighted by Crippen LogP contribution is 2.19. The molecule has 2 N–H and O–H groups in total. The van der Waals surface area contributed by atoms with Crippen LogP contribution in [0.25, 0.3) is 0 Å². The molecule has 1 saturated heterocycles. The Labute approximate surface area is 116 Å². The second kappa shape index (κ2) is 7.51. The Morgan fingerprint density at radius 2 is 2.16 bits per heavy atom. The molecule has 2 rings (SSSR count). The molecule has 1 unspecified atom stereocenters. The molecule has 0 aliphatic carbocycles. The van der Waals surface area contributed by atoms with Crippen molar-refractivity contribution in [2.45, 2.75) is 38.6 Å². The van der Waals surface area contributed by atoms with Gasteiger partial charge in [-0.3, -0.25) is 0 Å². The fourth-order valence-corrected chi connectivity index (χ4v) is 2.34. The first-order valence-electron chi connectivity index (χ1n) is 7.33. The maximum Gasteiger partial charge on any atom is 0.119 e. The van der Waals surface area contributed by atoms with Gasteiger partial charge in [-0.2, -0.15) is 0 Å². The molecule has 0 radical (unpaired) electrons. The molecule has 1 fully saturated rings. The van der Waals surface area contributed by atoms with E-state index in [1.807, 2.05) is 6.07 Å². The van der Waals surface area contributed by atoms with Gasteiger partial charge in [0.2, 0.25) is 0 Å². The van der Waals surface area contributed by atoms with E-state index in [-0.39, 0.29) is 6.04 Å². The van der Waals surface area contributed by atoms with Gasteiger partial charge in [-0.25, -0.2) is 0 Å². The van der Waals surface area contributed by atoms with Crippen LogP contribution in [0, 0.1) is 5.92 Å². The predicted molar refractivity (Wildman–Crippen MR) is 77.5 cm³/mol. The van der Waals surface area contributed by atoms with Crippen molar-refractivity contribution in [1.82, 2.24) is 0 Å². The fourth-order valence-electron chi connectivity index (χ4n) is 2.34. The highest BCUT2D eigenvalue weighted by molar-refractivity contribution is 5.29. The number of benzene rings is 1. The second-order valence-corrected chi connectivity index (χ2v) is 5.39. The van der Waals surface area contributed by atoms with Crippen molar-refractivity contribution in [3.63, 3.8) is 0 Å². The van der Waals surface area contributed by atoms with Crippen LogP contribution >= 0.6 is 0 Å². The number of ether oxygens (including phenoxy) is 2. The van der Waals surface area contributed by atoms with Gasteiger partial charge < -0.3 is 15.2 Å². The van der Waals surface area contributed by atoms with Crippen LogP contribution in [0.4, 0.5) is 0 Å². The fraction of sp³-hybridized carbons (Fsp3) is 0.625. The van der Waals surface area contributed by atoms with Gasteiger partial charge in [-0.15, -0.1) is 0 Å². The highest BCUT2D eigenvalue weighted by Gasteiger charge is 2.14. The van der Waals surface area contributed by atoms with Crippen molar-refractivity contribution in [1.29, 1.82) is 0 Å². The summed E-state index contributed by atoms with van der Waals surface area (Å²) >= 11 is 0. The summed E-state index contributed by atoms with van der Waals surface area (Å²) in [5.41, 5.74) is 7.25. The van der Waals surface area contributed by atoms with Crippen LogP contribution in [0.2, 0.25) is 0 Å². The Bertz CT molecular complexity index is 375. The van der Waals surface area contributed by atoms with Gasteiger partial charge >= 0.3 is 0 Å². The van der Waals surface area contributed by atoms with E-state index in [0.717, 1.165) is 51.3 Å². The minimum atomic E-state index is 0.241. The SMILES string of the molecule is CCC(N)Cc1cccc(OCC2CCOCC2)c1. The average Bonchev–Trinajstić information content (AvgIpc) is 2.46. The minimum absolute atomic E-state index is 0.241. The summed E-state index contributed by atoms with van der Waals surface area (Å²) in [6.07, 6.45) is 4.15. The van der Waals surface area contributed by atoms with E-state index in [0.29, 0.717) is 5.92 Å². The third-order valence-electron chi connectivity index (χ3n) is 3.75. The van der Waals surface area contributed by atoms with Crippen LogP contribution in [0.1, 0.15) is 31.7 Å². The lowest BCUT2D eigenvalue weighted by molar-refractivity contribution is 0.0497. The van der Waals surface area contributed by atoms with Crippen LogP contribution in [-0.2, 0) is 11.2 Å². The summed E-state index contributed by atoms with van der Waals surface area (Å²) in [5, 5.41) is 0. The molecule has 1 aromatic carbocycles. The van der Waals surface area contributed by atoms with Crippen LogP contribution in [0.15, 0.2) is 24.3 Å². The molecule has 3 nitrogen and oxygen atoms in total. The van der Waals surface area contributed by atoms with Gasteiger partial charge in [0.1, 0.15) is 5.75 Å². The summed E-state index contributed by atoms with van der Waals surface area (Å²) in [4.78, 5) is 0. The first kappa shape index (κ1) is 14.4. The number of hydrogen-bond acceptors (Lipinski definition) is 3. The maximum absolute atomic E-state index is 5.99. The lowest BCUT2D eigenvalue weighted by Gasteiger charge is -2.22. The van der Waals surface area contributed by atoms with Crippen LogP contribution in [0.5, 0.6) is 5.75 Å². The lowest BCUT2D eigenvalue weighted by atomic mass is 10.0. The zero-order chi connectivity index (χ0) is 13.5. The zero-order valence-corrected chi connectivity index (χ0v) is 11.8. The lowest BCUT2D eigenvalue weighted by Crippen LogP contribution is -2.22. The van der Waals surface area contributed by atoms with Crippen molar-refractivity contribution < 1.29 is 9.47 Å². The Morgan fingerprint density at radius 1 is 1.37 bits per heavy atom. The summed E-state index contributed by atoms with van der Waals surface area (Å²) in [6.45, 7) is 4.67. The Morgan fingerprint density at radius 3 is 2.89 bits per heavy atom. The van der Waals surface area contributed by atoms with E-state index in [9.17, 15) is 0 Å². The molecule has 0 amide bonds. The van der Waals surface area contributed by atoms with E-state index in [4.69, 9.17) is 15.2 Å². The molecule has 1 aliphatic rings. The van der Waals surface area contributed by atoms with Crippen LogP contribution in [0.3, 0.4) is 0 Å². The molecule has 0 aromatic heterocycles. The van der Waals surface area contributed by atoms with E-state index >= 15 is 0 Å². The predicted octanol–water partition coefficient (Wildman–Crippen LogP) is 2.77. The quantitative estimate of drug-likeness (QED) is 0.858. The minimum Gasteiger partial charge on any atom is -0.493 e. The topological polar surface area (TPSA) is 44.5 Å². The number of rotatable bonds is 6. The average molecular weight is 263 g/mol. The molecule has 19 heavy (non-hydrogen) atoms. The third-order valence-corrected chi connectivity index (χ3v) is 3.75. The van der Waals surface area contributed by atoms with Crippen molar-refractivity contribution in [3.05, 3.63) is 29.8 Å². The molecule has 1 aliphatic heterocycles. The van der Waals surface area contributed by atoms with Crippen molar-refractivity contribution >= 4 is 0 Å². The first-order valence-corrected chi connectivity index (χ1v) is 7.33.